The van der Waals surface area contributed by atoms with E-state index in [2.05, 4.69) is 10.3 Å². The minimum atomic E-state index is -0.333. The van der Waals surface area contributed by atoms with Gasteiger partial charge in [-0.1, -0.05) is 36.7 Å². The van der Waals surface area contributed by atoms with E-state index < -0.39 is 0 Å². The van der Waals surface area contributed by atoms with E-state index in [0.29, 0.717) is 40.1 Å². The standard InChI is InChI=1S/C23H21ClN2O4S/c1-3-4-22(28)30-20-13-15(5-11-19(20)29-2)6-12-21(27)26-23-25-18(14-31-23)16-7-9-17(24)10-8-16/h5-14H,3-4H2,1-2H3,(H,25,26,27)/b12-6+. The Labute approximate surface area is 189 Å². The van der Waals surface area contributed by atoms with Crippen molar-refractivity contribution < 1.29 is 19.1 Å². The van der Waals surface area contributed by atoms with Crippen molar-refractivity contribution in [1.29, 1.82) is 0 Å². The molecular weight excluding hydrogens is 436 g/mol. The molecule has 6 nitrogen and oxygen atoms in total. The van der Waals surface area contributed by atoms with Crippen LogP contribution in [0.15, 0.2) is 53.9 Å². The molecule has 3 rings (SSSR count). The Kier molecular flexibility index (Phi) is 7.81. The SMILES string of the molecule is CCCC(=O)Oc1cc(/C=C/C(=O)Nc2nc(-c3ccc(Cl)cc3)cs2)ccc1OC. The molecular formula is C23H21ClN2O4S. The molecule has 0 aliphatic heterocycles. The van der Waals surface area contributed by atoms with Crippen LogP contribution in [0.2, 0.25) is 5.02 Å². The molecule has 2 aromatic carbocycles. The van der Waals surface area contributed by atoms with Crippen LogP contribution in [0.4, 0.5) is 5.13 Å². The first kappa shape index (κ1) is 22.5. The number of thiazole rings is 1. The van der Waals surface area contributed by atoms with E-state index in [1.165, 1.54) is 24.5 Å². The average molecular weight is 457 g/mol. The van der Waals surface area contributed by atoms with E-state index in [0.717, 1.165) is 11.3 Å². The Balaban J connectivity index is 1.66. The zero-order valence-corrected chi connectivity index (χ0v) is 18.6. The van der Waals surface area contributed by atoms with Crippen molar-refractivity contribution in [1.82, 2.24) is 4.98 Å². The number of ether oxygens (including phenoxy) is 2. The summed E-state index contributed by atoms with van der Waals surface area (Å²) in [5.41, 5.74) is 2.37. The number of halogens is 1. The van der Waals surface area contributed by atoms with E-state index >= 15 is 0 Å². The molecule has 1 heterocycles. The van der Waals surface area contributed by atoms with E-state index in [4.69, 9.17) is 21.1 Å². The van der Waals surface area contributed by atoms with Crippen LogP contribution in [0.1, 0.15) is 25.3 Å². The monoisotopic (exact) mass is 456 g/mol. The Bertz CT molecular complexity index is 1090. The summed E-state index contributed by atoms with van der Waals surface area (Å²) in [4.78, 5) is 28.5. The lowest BCUT2D eigenvalue weighted by atomic mass is 10.2. The Morgan fingerprint density at radius 2 is 1.94 bits per heavy atom. The Morgan fingerprint density at radius 3 is 2.65 bits per heavy atom. The van der Waals surface area contributed by atoms with E-state index in [1.54, 1.807) is 36.4 Å². The highest BCUT2D eigenvalue weighted by Gasteiger charge is 2.10. The fraction of sp³-hybridized carbons (Fsp3) is 0.174. The van der Waals surface area contributed by atoms with Gasteiger partial charge in [-0.15, -0.1) is 11.3 Å². The van der Waals surface area contributed by atoms with Crippen LogP contribution in [0, 0.1) is 0 Å². The highest BCUT2D eigenvalue weighted by atomic mass is 35.5. The smallest absolute Gasteiger partial charge is 0.311 e. The molecule has 0 saturated carbocycles. The van der Waals surface area contributed by atoms with Crippen molar-refractivity contribution >= 4 is 46.0 Å². The fourth-order valence-corrected chi connectivity index (χ4v) is 3.51. The van der Waals surface area contributed by atoms with Gasteiger partial charge in [0.15, 0.2) is 16.6 Å². The number of amides is 1. The maximum absolute atomic E-state index is 12.3. The van der Waals surface area contributed by atoms with Crippen LogP contribution in [-0.4, -0.2) is 24.0 Å². The van der Waals surface area contributed by atoms with E-state index in [-0.39, 0.29) is 11.9 Å². The summed E-state index contributed by atoms with van der Waals surface area (Å²) in [6, 6.07) is 12.4. The number of esters is 1. The van der Waals surface area contributed by atoms with Crippen LogP contribution in [0.25, 0.3) is 17.3 Å². The summed E-state index contributed by atoms with van der Waals surface area (Å²) in [7, 11) is 1.50. The Morgan fingerprint density at radius 1 is 1.16 bits per heavy atom. The normalized spacial score (nSPS) is 10.8. The first-order valence-corrected chi connectivity index (χ1v) is 10.8. The van der Waals surface area contributed by atoms with E-state index in [9.17, 15) is 9.59 Å². The molecule has 1 N–H and O–H groups in total. The number of anilines is 1. The predicted molar refractivity (Wildman–Crippen MR) is 124 cm³/mol. The van der Waals surface area contributed by atoms with Gasteiger partial charge in [0.05, 0.1) is 12.8 Å². The van der Waals surface area contributed by atoms with Gasteiger partial charge in [-0.05, 0) is 42.3 Å². The van der Waals surface area contributed by atoms with Crippen molar-refractivity contribution in [3.63, 3.8) is 0 Å². The molecule has 0 aliphatic carbocycles. The van der Waals surface area contributed by atoms with Gasteiger partial charge in [0.1, 0.15) is 0 Å². The fourth-order valence-electron chi connectivity index (χ4n) is 2.66. The van der Waals surface area contributed by atoms with Crippen LogP contribution in [0.3, 0.4) is 0 Å². The lowest BCUT2D eigenvalue weighted by Gasteiger charge is -2.09. The maximum atomic E-state index is 12.3. The summed E-state index contributed by atoms with van der Waals surface area (Å²) in [5.74, 6) is 0.108. The number of carbonyl (C=O) groups excluding carboxylic acids is 2. The van der Waals surface area contributed by atoms with Gasteiger partial charge in [-0.3, -0.25) is 14.9 Å². The van der Waals surface area contributed by atoms with Gasteiger partial charge >= 0.3 is 5.97 Å². The molecule has 0 fully saturated rings. The van der Waals surface area contributed by atoms with Gasteiger partial charge < -0.3 is 9.47 Å². The first-order valence-electron chi connectivity index (χ1n) is 9.57. The Hall–Kier alpha value is -3.16. The minimum absolute atomic E-state index is 0.316. The maximum Gasteiger partial charge on any atom is 0.311 e. The van der Waals surface area contributed by atoms with Crippen molar-refractivity contribution in [3.05, 3.63) is 64.5 Å². The summed E-state index contributed by atoms with van der Waals surface area (Å²) in [6.45, 7) is 1.90. The van der Waals surface area contributed by atoms with Gasteiger partial charge in [0.2, 0.25) is 5.91 Å². The van der Waals surface area contributed by atoms with Gasteiger partial charge in [0.25, 0.3) is 0 Å². The van der Waals surface area contributed by atoms with Gasteiger partial charge in [-0.2, -0.15) is 0 Å². The number of nitrogens with one attached hydrogen (secondary N) is 1. The second-order valence-corrected chi connectivity index (χ2v) is 7.80. The molecule has 1 aromatic heterocycles. The number of benzene rings is 2. The van der Waals surface area contributed by atoms with E-state index in [1.807, 2.05) is 24.4 Å². The largest absolute Gasteiger partial charge is 0.493 e. The number of aromatic nitrogens is 1. The van der Waals surface area contributed by atoms with Gasteiger partial charge in [0, 0.05) is 28.5 Å². The topological polar surface area (TPSA) is 77.5 Å². The second-order valence-electron chi connectivity index (χ2n) is 6.50. The molecule has 3 aromatic rings. The summed E-state index contributed by atoms with van der Waals surface area (Å²) in [6.07, 6.45) is 4.03. The third-order valence-corrected chi connectivity index (χ3v) is 5.18. The van der Waals surface area contributed by atoms with Crippen LogP contribution in [-0.2, 0) is 9.59 Å². The average Bonchev–Trinajstić information content (AvgIpc) is 3.21. The number of hydrogen-bond acceptors (Lipinski definition) is 6. The van der Waals surface area contributed by atoms with Crippen LogP contribution in [0.5, 0.6) is 11.5 Å². The summed E-state index contributed by atoms with van der Waals surface area (Å²) >= 11 is 7.24. The molecule has 0 spiro atoms. The molecule has 0 radical (unpaired) electrons. The molecule has 8 heteroatoms. The highest BCUT2D eigenvalue weighted by Crippen LogP contribution is 2.29. The molecule has 0 unspecified atom stereocenters. The zero-order chi connectivity index (χ0) is 22.2. The molecule has 0 saturated heterocycles. The minimum Gasteiger partial charge on any atom is -0.493 e. The first-order chi connectivity index (χ1) is 15.0. The van der Waals surface area contributed by atoms with Crippen molar-refractivity contribution in [2.75, 3.05) is 12.4 Å². The summed E-state index contributed by atoms with van der Waals surface area (Å²) in [5, 5.41) is 5.75. The quantitative estimate of drug-likeness (QED) is 0.262. The highest BCUT2D eigenvalue weighted by molar-refractivity contribution is 7.14. The van der Waals surface area contributed by atoms with Crippen LogP contribution >= 0.6 is 22.9 Å². The zero-order valence-electron chi connectivity index (χ0n) is 17.1. The lowest BCUT2D eigenvalue weighted by molar-refractivity contribution is -0.134. The molecule has 0 atom stereocenters. The third-order valence-electron chi connectivity index (χ3n) is 4.17. The molecule has 1 amide bonds. The number of nitrogens with zero attached hydrogens (tertiary/aromatic N) is 1. The molecule has 0 aliphatic rings. The second kappa shape index (κ2) is 10.7. The molecule has 160 valence electrons. The van der Waals surface area contributed by atoms with Crippen molar-refractivity contribution in [2.45, 2.75) is 19.8 Å². The van der Waals surface area contributed by atoms with Crippen molar-refractivity contribution in [3.8, 4) is 22.8 Å². The molecule has 31 heavy (non-hydrogen) atoms. The number of methoxy groups -OCH3 is 1. The predicted octanol–water partition coefficient (Wildman–Crippen LogP) is 5.83. The third kappa shape index (κ3) is 6.41. The number of rotatable bonds is 8. The van der Waals surface area contributed by atoms with Crippen molar-refractivity contribution in [2.24, 2.45) is 0 Å². The number of carbonyl (C=O) groups is 2. The van der Waals surface area contributed by atoms with Crippen LogP contribution < -0.4 is 14.8 Å². The van der Waals surface area contributed by atoms with Gasteiger partial charge in [-0.25, -0.2) is 4.98 Å². The summed E-state index contributed by atoms with van der Waals surface area (Å²) < 4.78 is 10.6. The molecule has 0 bridgehead atoms. The number of hydrogen-bond donors (Lipinski definition) is 1. The lowest BCUT2D eigenvalue weighted by Crippen LogP contribution is -2.08.